The predicted molar refractivity (Wildman–Crippen MR) is 198 cm³/mol. The van der Waals surface area contributed by atoms with Gasteiger partial charge in [0.1, 0.15) is 5.75 Å². The number of anilines is 1. The topological polar surface area (TPSA) is 140 Å². The quantitative estimate of drug-likeness (QED) is 0.116. The fourth-order valence-corrected chi connectivity index (χ4v) is 7.64. The van der Waals surface area contributed by atoms with E-state index < -0.39 is 0 Å². The minimum atomic E-state index is -0.370. The molecule has 0 aliphatic heterocycles. The Kier molecular flexibility index (Phi) is 11.0. The molecule has 6 rings (SSSR count). The SMILES string of the molecule is COc1ccc2[nH]c3c(c2c1)CCC[C@@H]3NC(=O)CCCCCNc1ccc2c(cc1=O)[C@@H](NC(C)=O)CCc1cc(OC)c(OC)c(OC)c1-2. The van der Waals surface area contributed by atoms with Crippen LogP contribution < -0.4 is 40.3 Å². The largest absolute Gasteiger partial charge is 0.497 e. The zero-order chi connectivity index (χ0) is 36.1. The Hall–Kier alpha value is -5.19. The van der Waals surface area contributed by atoms with E-state index in [1.165, 1.54) is 12.5 Å². The maximum absolute atomic E-state index is 13.6. The Morgan fingerprint density at radius 3 is 2.41 bits per heavy atom. The number of amides is 2. The molecule has 0 bridgehead atoms. The lowest BCUT2D eigenvalue weighted by atomic mass is 9.91. The van der Waals surface area contributed by atoms with Crippen molar-refractivity contribution in [2.24, 2.45) is 0 Å². The number of hydrogen-bond donors (Lipinski definition) is 4. The van der Waals surface area contributed by atoms with Crippen LogP contribution in [0.2, 0.25) is 0 Å². The standard InChI is InChI=1S/C40H48N4O7/c1-23(45)42-30-16-13-24-20-35(49-3)39(50-4)40(51-5)37(24)26-15-18-32(34(46)22-29(26)30)41-19-8-6-7-12-36(47)43-33-11-9-10-27-28-21-25(48-2)14-17-31(28)44-38(27)33/h14-15,17-18,20-22,30,33,44H,6-13,16,19H2,1-5H3,(H,41,46)(H,42,45)(H,43,47)/t30-,33-/m0/s1. The molecule has 0 saturated carbocycles. The van der Waals surface area contributed by atoms with Gasteiger partial charge in [0.15, 0.2) is 11.5 Å². The molecule has 2 aliphatic rings. The molecule has 2 atom stereocenters. The highest BCUT2D eigenvalue weighted by molar-refractivity contribution is 5.87. The van der Waals surface area contributed by atoms with Crippen LogP contribution in [0.3, 0.4) is 0 Å². The number of ether oxygens (including phenoxy) is 4. The molecule has 11 heteroatoms. The molecular formula is C40H48N4O7. The summed E-state index contributed by atoms with van der Waals surface area (Å²) >= 11 is 0. The number of aryl methyl sites for hydroxylation is 2. The van der Waals surface area contributed by atoms with Crippen molar-refractivity contribution in [2.75, 3.05) is 40.3 Å². The predicted octanol–water partition coefficient (Wildman–Crippen LogP) is 6.52. The molecule has 4 aromatic rings. The van der Waals surface area contributed by atoms with E-state index in [0.29, 0.717) is 48.7 Å². The maximum Gasteiger partial charge on any atom is 0.220 e. The third kappa shape index (κ3) is 7.48. The molecule has 0 fully saturated rings. The van der Waals surface area contributed by atoms with Gasteiger partial charge < -0.3 is 39.9 Å². The third-order valence-corrected chi connectivity index (χ3v) is 10.1. The number of aromatic amines is 1. The van der Waals surface area contributed by atoms with E-state index in [0.717, 1.165) is 83.1 Å². The van der Waals surface area contributed by atoms with Crippen LogP contribution in [0.5, 0.6) is 23.0 Å². The van der Waals surface area contributed by atoms with Gasteiger partial charge >= 0.3 is 0 Å². The van der Waals surface area contributed by atoms with Crippen molar-refractivity contribution in [1.82, 2.24) is 15.6 Å². The molecule has 0 spiro atoms. The molecule has 2 amide bonds. The highest BCUT2D eigenvalue weighted by atomic mass is 16.5. The number of nitrogens with one attached hydrogen (secondary N) is 4. The monoisotopic (exact) mass is 696 g/mol. The number of aromatic nitrogens is 1. The van der Waals surface area contributed by atoms with Gasteiger partial charge in [-0.3, -0.25) is 14.4 Å². The summed E-state index contributed by atoms with van der Waals surface area (Å²) in [5.41, 5.74) is 7.02. The van der Waals surface area contributed by atoms with E-state index in [1.807, 2.05) is 24.3 Å². The van der Waals surface area contributed by atoms with Gasteiger partial charge in [-0.25, -0.2) is 0 Å². The van der Waals surface area contributed by atoms with Gasteiger partial charge in [0, 0.05) is 42.0 Å². The summed E-state index contributed by atoms with van der Waals surface area (Å²) in [6.45, 7) is 2.06. The second-order valence-electron chi connectivity index (χ2n) is 13.3. The van der Waals surface area contributed by atoms with E-state index >= 15 is 0 Å². The van der Waals surface area contributed by atoms with Gasteiger partial charge in [0.25, 0.3) is 0 Å². The summed E-state index contributed by atoms with van der Waals surface area (Å²) in [6, 6.07) is 12.9. The van der Waals surface area contributed by atoms with Crippen LogP contribution in [0.25, 0.3) is 22.0 Å². The summed E-state index contributed by atoms with van der Waals surface area (Å²) in [5.74, 6) is 2.24. The molecule has 1 heterocycles. The van der Waals surface area contributed by atoms with Gasteiger partial charge in [-0.1, -0.05) is 12.5 Å². The molecule has 1 aromatic heterocycles. The number of fused-ring (bicyclic) bond motifs is 6. The molecule has 3 aromatic carbocycles. The lowest BCUT2D eigenvalue weighted by Gasteiger charge is -2.24. The average molecular weight is 697 g/mol. The number of carbonyl (C=O) groups excluding carboxylic acids is 2. The molecule has 2 aliphatic carbocycles. The van der Waals surface area contributed by atoms with Crippen molar-refractivity contribution in [3.05, 3.63) is 75.1 Å². The second-order valence-corrected chi connectivity index (χ2v) is 13.3. The minimum absolute atomic E-state index is 0.0222. The number of methoxy groups -OCH3 is 4. The number of benzene rings is 2. The van der Waals surface area contributed by atoms with Gasteiger partial charge in [-0.15, -0.1) is 0 Å². The summed E-state index contributed by atoms with van der Waals surface area (Å²) < 4.78 is 22.6. The zero-order valence-electron chi connectivity index (χ0n) is 30.1. The van der Waals surface area contributed by atoms with Gasteiger partial charge in [0.05, 0.1) is 46.2 Å². The number of unbranched alkanes of at least 4 members (excludes halogenated alkanes) is 2. The van der Waals surface area contributed by atoms with Gasteiger partial charge in [-0.05, 0) is 104 Å². The van der Waals surface area contributed by atoms with E-state index in [9.17, 15) is 14.4 Å². The number of carbonyl (C=O) groups is 2. The Bertz CT molecular complexity index is 1990. The normalized spacial score (nSPS) is 16.2. The van der Waals surface area contributed by atoms with E-state index in [1.54, 1.807) is 40.6 Å². The summed E-state index contributed by atoms with van der Waals surface area (Å²) in [6.07, 6.45) is 6.96. The van der Waals surface area contributed by atoms with Crippen molar-refractivity contribution < 1.29 is 28.5 Å². The fraction of sp³-hybridized carbons (Fsp3) is 0.425. The lowest BCUT2D eigenvalue weighted by Crippen LogP contribution is -2.30. The molecule has 0 saturated heterocycles. The minimum Gasteiger partial charge on any atom is -0.497 e. The molecule has 4 N–H and O–H groups in total. The van der Waals surface area contributed by atoms with E-state index in [2.05, 4.69) is 27.0 Å². The fourth-order valence-electron chi connectivity index (χ4n) is 7.64. The molecule has 11 nitrogen and oxygen atoms in total. The van der Waals surface area contributed by atoms with Crippen LogP contribution in [0.4, 0.5) is 5.69 Å². The van der Waals surface area contributed by atoms with Gasteiger partial charge in [0.2, 0.25) is 23.0 Å². The van der Waals surface area contributed by atoms with Crippen molar-refractivity contribution >= 4 is 28.4 Å². The molecule has 270 valence electrons. The zero-order valence-corrected chi connectivity index (χ0v) is 30.1. The first-order valence-electron chi connectivity index (χ1n) is 17.8. The van der Waals surface area contributed by atoms with Gasteiger partial charge in [-0.2, -0.15) is 0 Å². The van der Waals surface area contributed by atoms with Crippen LogP contribution in [-0.2, 0) is 22.4 Å². The van der Waals surface area contributed by atoms with Crippen molar-refractivity contribution in [3.63, 3.8) is 0 Å². The molecular weight excluding hydrogens is 648 g/mol. The number of rotatable bonds is 13. The van der Waals surface area contributed by atoms with Crippen LogP contribution in [0, 0.1) is 0 Å². The Morgan fingerprint density at radius 1 is 0.843 bits per heavy atom. The Balaban J connectivity index is 1.10. The number of H-pyrrole nitrogens is 1. The first-order chi connectivity index (χ1) is 24.8. The second kappa shape index (κ2) is 15.8. The molecule has 51 heavy (non-hydrogen) atoms. The van der Waals surface area contributed by atoms with Crippen molar-refractivity contribution in [2.45, 2.75) is 76.8 Å². The Labute approximate surface area is 298 Å². The number of hydrogen-bond acceptors (Lipinski definition) is 8. The maximum atomic E-state index is 13.6. The van der Waals surface area contributed by atoms with Crippen LogP contribution in [-0.4, -0.2) is 51.8 Å². The summed E-state index contributed by atoms with van der Waals surface area (Å²) in [5, 5.41) is 10.8. The first-order valence-corrected chi connectivity index (χ1v) is 17.8. The first kappa shape index (κ1) is 35.6. The average Bonchev–Trinajstić information content (AvgIpc) is 3.35. The van der Waals surface area contributed by atoms with Crippen LogP contribution in [0.1, 0.15) is 86.3 Å². The van der Waals surface area contributed by atoms with Crippen molar-refractivity contribution in [1.29, 1.82) is 0 Å². The highest BCUT2D eigenvalue weighted by Gasteiger charge is 2.30. The molecule has 0 radical (unpaired) electrons. The van der Waals surface area contributed by atoms with E-state index in [4.69, 9.17) is 18.9 Å². The summed E-state index contributed by atoms with van der Waals surface area (Å²) in [7, 11) is 6.40. The van der Waals surface area contributed by atoms with E-state index in [-0.39, 0.29) is 29.3 Å². The van der Waals surface area contributed by atoms with Crippen LogP contribution in [0.15, 0.2) is 47.3 Å². The highest BCUT2D eigenvalue weighted by Crippen LogP contribution is 2.50. The van der Waals surface area contributed by atoms with Crippen molar-refractivity contribution in [3.8, 4) is 34.1 Å². The van der Waals surface area contributed by atoms with Crippen LogP contribution >= 0.6 is 0 Å². The Morgan fingerprint density at radius 2 is 1.67 bits per heavy atom. The summed E-state index contributed by atoms with van der Waals surface area (Å²) in [4.78, 5) is 42.3. The smallest absolute Gasteiger partial charge is 0.220 e. The lowest BCUT2D eigenvalue weighted by molar-refractivity contribution is -0.122. The molecule has 0 unspecified atom stereocenters. The third-order valence-electron chi connectivity index (χ3n) is 10.1.